The summed E-state index contributed by atoms with van der Waals surface area (Å²) in [6.45, 7) is 9.43. The Morgan fingerprint density at radius 1 is 1.33 bits per heavy atom. The number of amides is 1. The fourth-order valence-corrected chi connectivity index (χ4v) is 2.87. The summed E-state index contributed by atoms with van der Waals surface area (Å²) in [5, 5.41) is 7.23. The molecule has 0 unspecified atom stereocenters. The molecule has 122 valence electrons. The van der Waals surface area contributed by atoms with Crippen molar-refractivity contribution in [2.45, 2.75) is 46.1 Å². The van der Waals surface area contributed by atoms with Crippen molar-refractivity contribution in [1.29, 1.82) is 0 Å². The van der Waals surface area contributed by atoms with E-state index < -0.39 is 5.54 Å². The van der Waals surface area contributed by atoms with Crippen molar-refractivity contribution in [3.63, 3.8) is 0 Å². The number of aromatic nitrogens is 1. The van der Waals surface area contributed by atoms with Crippen LogP contribution >= 0.6 is 36.2 Å². The fraction of sp³-hybridized carbons (Fsp3) is 0.714. The van der Waals surface area contributed by atoms with E-state index in [0.29, 0.717) is 6.54 Å². The van der Waals surface area contributed by atoms with E-state index >= 15 is 0 Å². The molecule has 7 heteroatoms. The minimum Gasteiger partial charge on any atom is -0.344 e. The van der Waals surface area contributed by atoms with Crippen LogP contribution in [0, 0.1) is 19.8 Å². The Morgan fingerprint density at radius 2 is 1.95 bits per heavy atom. The van der Waals surface area contributed by atoms with Crippen LogP contribution in [0.2, 0.25) is 0 Å². The third-order valence-electron chi connectivity index (χ3n) is 3.43. The highest BCUT2D eigenvalue weighted by Gasteiger charge is 2.27. The van der Waals surface area contributed by atoms with E-state index in [0.717, 1.165) is 23.2 Å². The molecule has 1 amide bonds. The minimum atomic E-state index is -0.401. The third kappa shape index (κ3) is 6.10. The molecule has 1 saturated carbocycles. The molecule has 21 heavy (non-hydrogen) atoms. The van der Waals surface area contributed by atoms with E-state index in [9.17, 15) is 4.79 Å². The van der Waals surface area contributed by atoms with Gasteiger partial charge in [-0.05, 0) is 53.0 Å². The van der Waals surface area contributed by atoms with Gasteiger partial charge in [0.1, 0.15) is 5.01 Å². The van der Waals surface area contributed by atoms with Crippen molar-refractivity contribution in [3.05, 3.63) is 15.6 Å². The second-order valence-electron chi connectivity index (χ2n) is 5.91. The summed E-state index contributed by atoms with van der Waals surface area (Å²) < 4.78 is 0. The van der Waals surface area contributed by atoms with Crippen molar-refractivity contribution in [2.75, 3.05) is 13.1 Å². The topological polar surface area (TPSA) is 54.0 Å². The van der Waals surface area contributed by atoms with Crippen LogP contribution in [0.5, 0.6) is 0 Å². The lowest BCUT2D eigenvalue weighted by Gasteiger charge is -2.24. The number of hydrogen-bond acceptors (Lipinski definition) is 4. The Hall–Kier alpha value is -0.360. The molecule has 0 radical (unpaired) electrons. The maximum absolute atomic E-state index is 11.9. The molecule has 1 fully saturated rings. The number of thiazole rings is 1. The van der Waals surface area contributed by atoms with Gasteiger partial charge < -0.3 is 10.6 Å². The smallest absolute Gasteiger partial charge is 0.234 e. The van der Waals surface area contributed by atoms with E-state index in [1.165, 1.54) is 17.7 Å². The molecule has 1 heterocycles. The average Bonchev–Trinajstić information content (AvgIpc) is 3.05. The van der Waals surface area contributed by atoms with E-state index in [1.807, 2.05) is 20.8 Å². The Bertz CT molecular complexity index is 453. The summed E-state index contributed by atoms with van der Waals surface area (Å²) in [7, 11) is 0. The summed E-state index contributed by atoms with van der Waals surface area (Å²) in [6.07, 6.45) is 2.61. The summed E-state index contributed by atoms with van der Waals surface area (Å²) >= 11 is 1.66. The minimum absolute atomic E-state index is 0. The van der Waals surface area contributed by atoms with Crippen LogP contribution < -0.4 is 10.6 Å². The Morgan fingerprint density at radius 3 is 2.43 bits per heavy atom. The standard InChI is InChI=1S/C14H23N3OS.2ClH/c1-9-10(2)19-13(16-9)14(3,4)17-12(18)8-15-7-11-5-6-11;;/h11,15H,5-8H2,1-4H3,(H,17,18);2*1H. The van der Waals surface area contributed by atoms with Gasteiger partial charge in [0.05, 0.1) is 17.8 Å². The zero-order valence-electron chi connectivity index (χ0n) is 13.0. The molecule has 2 N–H and O–H groups in total. The zero-order valence-corrected chi connectivity index (χ0v) is 15.4. The lowest BCUT2D eigenvalue weighted by atomic mass is 10.1. The summed E-state index contributed by atoms with van der Waals surface area (Å²) in [5.74, 6) is 0.834. The molecule has 1 aromatic rings. The Labute approximate surface area is 143 Å². The number of aryl methyl sites for hydroxylation is 2. The predicted molar refractivity (Wildman–Crippen MR) is 92.8 cm³/mol. The fourth-order valence-electron chi connectivity index (χ4n) is 1.90. The third-order valence-corrected chi connectivity index (χ3v) is 4.83. The first-order valence-corrected chi connectivity index (χ1v) is 7.66. The van der Waals surface area contributed by atoms with Gasteiger partial charge in [-0.15, -0.1) is 36.2 Å². The van der Waals surface area contributed by atoms with Crippen LogP contribution in [0.4, 0.5) is 0 Å². The normalized spacial score (nSPS) is 14.1. The van der Waals surface area contributed by atoms with Crippen molar-refractivity contribution >= 4 is 42.1 Å². The number of carbonyl (C=O) groups is 1. The molecule has 1 aromatic heterocycles. The first kappa shape index (κ1) is 20.6. The maximum atomic E-state index is 11.9. The quantitative estimate of drug-likeness (QED) is 0.826. The van der Waals surface area contributed by atoms with Gasteiger partial charge in [0.15, 0.2) is 0 Å². The van der Waals surface area contributed by atoms with Crippen molar-refractivity contribution in [3.8, 4) is 0 Å². The van der Waals surface area contributed by atoms with Crippen LogP contribution in [-0.2, 0) is 10.3 Å². The van der Waals surface area contributed by atoms with Crippen LogP contribution in [0.1, 0.15) is 42.3 Å². The van der Waals surface area contributed by atoms with Gasteiger partial charge in [-0.1, -0.05) is 0 Å². The summed E-state index contributed by atoms with van der Waals surface area (Å²) in [6, 6.07) is 0. The van der Waals surface area contributed by atoms with E-state index in [-0.39, 0.29) is 30.7 Å². The van der Waals surface area contributed by atoms with Gasteiger partial charge in [-0.25, -0.2) is 4.98 Å². The second kappa shape index (κ2) is 8.32. The molecule has 4 nitrogen and oxygen atoms in total. The first-order valence-electron chi connectivity index (χ1n) is 6.84. The summed E-state index contributed by atoms with van der Waals surface area (Å²) in [5.41, 5.74) is 0.649. The van der Waals surface area contributed by atoms with Crippen molar-refractivity contribution in [1.82, 2.24) is 15.6 Å². The van der Waals surface area contributed by atoms with Crippen LogP contribution in [0.15, 0.2) is 0 Å². The average molecular weight is 354 g/mol. The highest BCUT2D eigenvalue weighted by atomic mass is 35.5. The number of rotatable bonds is 6. The predicted octanol–water partition coefficient (Wildman–Crippen LogP) is 2.95. The number of nitrogens with one attached hydrogen (secondary N) is 2. The highest BCUT2D eigenvalue weighted by molar-refractivity contribution is 7.11. The molecule has 1 aliphatic rings. The second-order valence-corrected chi connectivity index (χ2v) is 7.11. The molecule has 1 aliphatic carbocycles. The summed E-state index contributed by atoms with van der Waals surface area (Å²) in [4.78, 5) is 17.7. The van der Waals surface area contributed by atoms with E-state index in [4.69, 9.17) is 0 Å². The first-order chi connectivity index (χ1) is 8.88. The molecule has 0 spiro atoms. The van der Waals surface area contributed by atoms with Gasteiger partial charge in [-0.3, -0.25) is 4.79 Å². The molecule has 0 aromatic carbocycles. The van der Waals surface area contributed by atoms with Gasteiger partial charge in [-0.2, -0.15) is 0 Å². The zero-order chi connectivity index (χ0) is 14.0. The van der Waals surface area contributed by atoms with Crippen molar-refractivity contribution < 1.29 is 4.79 Å². The molecule has 0 saturated heterocycles. The van der Waals surface area contributed by atoms with Gasteiger partial charge in [0, 0.05) is 4.88 Å². The SMILES string of the molecule is Cc1nc(C(C)(C)NC(=O)CNCC2CC2)sc1C.Cl.Cl. The van der Waals surface area contributed by atoms with Crippen LogP contribution in [-0.4, -0.2) is 24.0 Å². The number of hydrogen-bond donors (Lipinski definition) is 2. The van der Waals surface area contributed by atoms with Crippen LogP contribution in [0.25, 0.3) is 0 Å². The molecule has 0 bridgehead atoms. The molecule has 0 atom stereocenters. The van der Waals surface area contributed by atoms with Gasteiger partial charge in [0.25, 0.3) is 0 Å². The number of carbonyl (C=O) groups excluding carboxylic acids is 1. The Balaban J connectivity index is 0.00000200. The van der Waals surface area contributed by atoms with E-state index in [2.05, 4.69) is 22.5 Å². The van der Waals surface area contributed by atoms with Gasteiger partial charge in [0.2, 0.25) is 5.91 Å². The lowest BCUT2D eigenvalue weighted by Crippen LogP contribution is -2.45. The van der Waals surface area contributed by atoms with Crippen molar-refractivity contribution in [2.24, 2.45) is 5.92 Å². The van der Waals surface area contributed by atoms with E-state index in [1.54, 1.807) is 11.3 Å². The Kier molecular flexibility index (Phi) is 8.18. The van der Waals surface area contributed by atoms with Gasteiger partial charge >= 0.3 is 0 Å². The largest absolute Gasteiger partial charge is 0.344 e. The molecular formula is C14H25Cl2N3OS. The number of nitrogens with zero attached hydrogens (tertiary/aromatic N) is 1. The molecule has 2 rings (SSSR count). The molecular weight excluding hydrogens is 329 g/mol. The highest BCUT2D eigenvalue weighted by Crippen LogP contribution is 2.28. The van der Waals surface area contributed by atoms with Crippen LogP contribution in [0.3, 0.4) is 0 Å². The monoisotopic (exact) mass is 353 g/mol. The lowest BCUT2D eigenvalue weighted by molar-refractivity contribution is -0.121. The molecule has 0 aliphatic heterocycles. The number of halogens is 2. The maximum Gasteiger partial charge on any atom is 0.234 e.